The molecule has 1 aromatic carbocycles. The quantitative estimate of drug-likeness (QED) is 0.0419. The molecule has 436 valence electrons. The van der Waals surface area contributed by atoms with Crippen LogP contribution in [0.1, 0.15) is 164 Å². The predicted molar refractivity (Wildman–Crippen MR) is 298 cm³/mol. The van der Waals surface area contributed by atoms with Gasteiger partial charge in [-0.3, -0.25) is 47.9 Å². The average Bonchev–Trinajstić information content (AvgIpc) is 3.35. The molecule has 5 amide bonds. The van der Waals surface area contributed by atoms with Crippen LogP contribution < -0.4 is 44.2 Å². The van der Waals surface area contributed by atoms with Crippen LogP contribution >= 0.6 is 0 Å². The van der Waals surface area contributed by atoms with Gasteiger partial charge in [-0.25, -0.2) is 0 Å². The summed E-state index contributed by atoms with van der Waals surface area (Å²) in [7, 11) is 0. The highest BCUT2D eigenvalue weighted by Gasteiger charge is 2.37. The van der Waals surface area contributed by atoms with Crippen molar-refractivity contribution in [2.24, 2.45) is 76.2 Å². The molecule has 9 atom stereocenters. The van der Waals surface area contributed by atoms with E-state index in [0.29, 0.717) is 12.0 Å². The maximum absolute atomic E-state index is 14.6. The lowest BCUT2D eigenvalue weighted by Gasteiger charge is -2.28. The number of ketones is 5. The Morgan fingerprint density at radius 1 is 0.506 bits per heavy atom. The molecule has 0 heterocycles. The number of unbranched alkanes of at least 4 members (excludes halogenated alkanes) is 3. The van der Waals surface area contributed by atoms with Gasteiger partial charge in [0, 0.05) is 62.2 Å². The largest absolute Gasteiger partial charge is 0.396 e. The predicted octanol–water partition coefficient (Wildman–Crippen LogP) is 3.94. The van der Waals surface area contributed by atoms with E-state index < -0.39 is 119 Å². The molecule has 1 aromatic rings. The molecule has 0 aliphatic heterocycles. The van der Waals surface area contributed by atoms with Crippen LogP contribution in [0.25, 0.3) is 0 Å². The Kier molecular flexibility index (Phi) is 34.0. The summed E-state index contributed by atoms with van der Waals surface area (Å²) in [6.07, 6.45) is 3.62. The Balaban J connectivity index is 3.44. The molecule has 0 bridgehead atoms. The van der Waals surface area contributed by atoms with Crippen LogP contribution in [0.2, 0.25) is 0 Å². The number of Topliss-reactive ketones (excluding diaryl/α,β-unsaturated/α-hetero) is 5. The Bertz CT molecular complexity index is 2030. The van der Waals surface area contributed by atoms with E-state index in [0.717, 1.165) is 25.7 Å². The molecule has 0 fully saturated rings. The van der Waals surface area contributed by atoms with Gasteiger partial charge in [-0.05, 0) is 93.8 Å². The third kappa shape index (κ3) is 26.8. The van der Waals surface area contributed by atoms with E-state index in [1.54, 1.807) is 52.0 Å². The highest BCUT2D eigenvalue weighted by atomic mass is 16.3. The van der Waals surface area contributed by atoms with E-state index in [1.807, 2.05) is 33.8 Å². The zero-order chi connectivity index (χ0) is 58.4. The third-order valence-corrected chi connectivity index (χ3v) is 14.1. The second-order valence-electron chi connectivity index (χ2n) is 22.6. The van der Waals surface area contributed by atoms with Crippen molar-refractivity contribution in [3.63, 3.8) is 0 Å². The van der Waals surface area contributed by atoms with Gasteiger partial charge in [-0.1, -0.05) is 112 Å². The standard InChI is InChI=1S/C58H98N8O11/c1-10-11-12-16-19-44(68)29-40(20-23-59)56(75)66-53(38(8)9)52(72)30-41(21-24-60)55(74)64-48(28-39-17-14-13-15-18-39)49(69)31-42(26-35(2)3)57(76)63-46(22-25-61)51(71)33-45(37(6)7)58(77)65-47(27-36(4)5)50(70)32-43(34-67)54(62)73/h13-15,17-18,35-38,40-43,45-48,53,67H,10-12,16,19-34,59-61H2,1-9H3,(H2,62,73)(H,63,76)(H,64,74)(H,65,77)(H,66,75)/t40-,41-,42-,43+,45-,46+,47+,48-,53+/m1/s1. The number of carbonyl (C=O) groups excluding carboxylic acids is 10. The summed E-state index contributed by atoms with van der Waals surface area (Å²) in [5.41, 5.74) is 23.9. The van der Waals surface area contributed by atoms with Crippen molar-refractivity contribution in [2.75, 3.05) is 26.2 Å². The van der Waals surface area contributed by atoms with Gasteiger partial charge in [-0.2, -0.15) is 0 Å². The van der Waals surface area contributed by atoms with Crippen LogP contribution in [-0.2, 0) is 54.4 Å². The molecular formula is C58H98N8O11. The fourth-order valence-electron chi connectivity index (χ4n) is 9.48. The van der Waals surface area contributed by atoms with Crippen molar-refractivity contribution in [1.82, 2.24) is 21.3 Å². The van der Waals surface area contributed by atoms with E-state index in [1.165, 1.54) is 0 Å². The molecule has 19 heteroatoms. The molecule has 0 aliphatic rings. The fraction of sp³-hybridized carbons (Fsp3) is 0.724. The smallest absolute Gasteiger partial charge is 0.224 e. The monoisotopic (exact) mass is 1080 g/mol. The maximum atomic E-state index is 14.6. The van der Waals surface area contributed by atoms with Gasteiger partial charge in [0.15, 0.2) is 23.1 Å². The Hall–Kier alpha value is -5.24. The van der Waals surface area contributed by atoms with Crippen LogP contribution in [0.3, 0.4) is 0 Å². The first-order valence-electron chi connectivity index (χ1n) is 28.2. The molecular weight excluding hydrogens is 985 g/mol. The molecule has 19 nitrogen and oxygen atoms in total. The van der Waals surface area contributed by atoms with E-state index >= 15 is 0 Å². The summed E-state index contributed by atoms with van der Waals surface area (Å²) in [5, 5.41) is 21.0. The maximum Gasteiger partial charge on any atom is 0.224 e. The minimum atomic E-state index is -1.15. The lowest BCUT2D eigenvalue weighted by molar-refractivity contribution is -0.137. The molecule has 0 spiro atoms. The highest BCUT2D eigenvalue weighted by molar-refractivity contribution is 5.98. The molecule has 0 aliphatic carbocycles. The molecule has 0 saturated carbocycles. The summed E-state index contributed by atoms with van der Waals surface area (Å²) < 4.78 is 0. The molecule has 0 unspecified atom stereocenters. The first kappa shape index (κ1) is 69.8. The Morgan fingerprint density at radius 3 is 1.52 bits per heavy atom. The van der Waals surface area contributed by atoms with Gasteiger partial charge in [0.1, 0.15) is 5.78 Å². The second-order valence-corrected chi connectivity index (χ2v) is 22.6. The number of hydrogen-bond acceptors (Lipinski definition) is 14. The van der Waals surface area contributed by atoms with E-state index in [4.69, 9.17) is 22.9 Å². The number of benzene rings is 1. The minimum Gasteiger partial charge on any atom is -0.396 e. The lowest BCUT2D eigenvalue weighted by atomic mass is 9.85. The highest BCUT2D eigenvalue weighted by Crippen LogP contribution is 2.24. The number of nitrogens with one attached hydrogen (secondary N) is 4. The summed E-state index contributed by atoms with van der Waals surface area (Å²) in [6.45, 7) is 16.2. The van der Waals surface area contributed by atoms with Gasteiger partial charge in [0.2, 0.25) is 29.5 Å². The second kappa shape index (κ2) is 37.6. The van der Waals surface area contributed by atoms with Crippen LogP contribution in [0.15, 0.2) is 30.3 Å². The van der Waals surface area contributed by atoms with Gasteiger partial charge in [0.25, 0.3) is 0 Å². The molecule has 0 saturated heterocycles. The van der Waals surface area contributed by atoms with Crippen LogP contribution in [0.4, 0.5) is 0 Å². The molecule has 0 radical (unpaired) electrons. The fourth-order valence-corrected chi connectivity index (χ4v) is 9.48. The summed E-state index contributed by atoms with van der Waals surface area (Å²) >= 11 is 0. The van der Waals surface area contributed by atoms with Crippen LogP contribution in [0, 0.1) is 53.3 Å². The van der Waals surface area contributed by atoms with Crippen LogP contribution in [-0.4, -0.2) is 114 Å². The molecule has 77 heavy (non-hydrogen) atoms. The Morgan fingerprint density at radius 2 is 1.00 bits per heavy atom. The summed E-state index contributed by atoms with van der Waals surface area (Å²) in [4.78, 5) is 137. The Labute approximate surface area is 458 Å². The number of nitrogens with two attached hydrogens (primary N) is 4. The minimum absolute atomic E-state index is 0.00311. The van der Waals surface area contributed by atoms with Crippen molar-refractivity contribution < 1.29 is 53.1 Å². The van der Waals surface area contributed by atoms with Crippen molar-refractivity contribution in [3.05, 3.63) is 35.9 Å². The number of carbonyl (C=O) groups is 10. The van der Waals surface area contributed by atoms with Crippen molar-refractivity contribution in [2.45, 2.75) is 189 Å². The zero-order valence-corrected chi connectivity index (χ0v) is 47.9. The van der Waals surface area contributed by atoms with E-state index in [-0.39, 0.29) is 114 Å². The normalized spacial score (nSPS) is 15.1. The van der Waals surface area contributed by atoms with E-state index in [9.17, 15) is 53.1 Å². The van der Waals surface area contributed by atoms with Crippen molar-refractivity contribution in [1.29, 1.82) is 0 Å². The van der Waals surface area contributed by atoms with Gasteiger partial charge in [-0.15, -0.1) is 0 Å². The summed E-state index contributed by atoms with van der Waals surface area (Å²) in [5.74, 6) is -10.6. The molecule has 0 aromatic heterocycles. The van der Waals surface area contributed by atoms with E-state index in [2.05, 4.69) is 28.2 Å². The number of hydrogen-bond donors (Lipinski definition) is 9. The zero-order valence-electron chi connectivity index (χ0n) is 47.9. The van der Waals surface area contributed by atoms with Gasteiger partial charge < -0.3 is 49.3 Å². The number of rotatable bonds is 43. The summed E-state index contributed by atoms with van der Waals surface area (Å²) in [6, 6.07) is 4.69. The first-order chi connectivity index (χ1) is 36.3. The number of primary amides is 1. The molecule has 13 N–H and O–H groups in total. The number of amides is 5. The SMILES string of the molecule is CCCCCCC(=O)C[C@@H](CCN)C(=O)N[C@H](C(=O)C[C@@H](CCN)C(=O)N[C@H](Cc1ccccc1)C(=O)C[C@@H](CC(C)C)C(=O)N[C@@H](CCN)C(=O)C[C@@H](C(=O)N[C@@H](CC(C)C)C(=O)C[C@@H](CO)C(N)=O)C(C)C)C(C)C. The van der Waals surface area contributed by atoms with Gasteiger partial charge >= 0.3 is 0 Å². The third-order valence-electron chi connectivity index (χ3n) is 14.1. The lowest BCUT2D eigenvalue weighted by Crippen LogP contribution is -2.50. The molecule has 1 rings (SSSR count). The van der Waals surface area contributed by atoms with Crippen molar-refractivity contribution >= 4 is 58.5 Å². The van der Waals surface area contributed by atoms with Gasteiger partial charge in [0.05, 0.1) is 36.7 Å². The topological polar surface area (TPSA) is 343 Å². The average molecular weight is 1080 g/mol. The van der Waals surface area contributed by atoms with Crippen LogP contribution in [0.5, 0.6) is 0 Å². The number of aliphatic hydroxyl groups excluding tert-OH is 1. The number of aliphatic hydroxyl groups is 1. The first-order valence-corrected chi connectivity index (χ1v) is 28.2. The van der Waals surface area contributed by atoms with Crippen molar-refractivity contribution in [3.8, 4) is 0 Å².